The molecule has 2 saturated heterocycles. The van der Waals surface area contributed by atoms with Crippen LogP contribution in [-0.4, -0.2) is 73.3 Å². The number of carbonyl (C=O) groups is 2. The summed E-state index contributed by atoms with van der Waals surface area (Å²) in [5.41, 5.74) is 0. The molecule has 2 aliphatic rings. The van der Waals surface area contributed by atoms with E-state index in [0.717, 1.165) is 25.9 Å². The SMILES string of the molecule is CC(COCC(F)(F)F)NC(=O)C1CCN(C(=O)N2CCCC2)CC1. The molecule has 2 rings (SSSR count). The van der Waals surface area contributed by atoms with Gasteiger partial charge in [0.25, 0.3) is 0 Å². The van der Waals surface area contributed by atoms with E-state index in [1.807, 2.05) is 4.90 Å². The first-order valence-corrected chi connectivity index (χ1v) is 8.75. The van der Waals surface area contributed by atoms with Crippen molar-refractivity contribution >= 4 is 11.9 Å². The lowest BCUT2D eigenvalue weighted by atomic mass is 9.96. The van der Waals surface area contributed by atoms with Gasteiger partial charge in [-0.1, -0.05) is 0 Å². The predicted molar refractivity (Wildman–Crippen MR) is 85.0 cm³/mol. The number of amides is 3. The monoisotopic (exact) mass is 365 g/mol. The van der Waals surface area contributed by atoms with Gasteiger partial charge in [0.05, 0.1) is 6.61 Å². The number of carbonyl (C=O) groups excluding carboxylic acids is 2. The number of halogens is 3. The highest BCUT2D eigenvalue weighted by Crippen LogP contribution is 2.20. The molecular formula is C16H26F3N3O3. The van der Waals surface area contributed by atoms with Crippen molar-refractivity contribution in [1.82, 2.24) is 15.1 Å². The van der Waals surface area contributed by atoms with Gasteiger partial charge >= 0.3 is 12.2 Å². The molecule has 2 fully saturated rings. The number of nitrogens with one attached hydrogen (secondary N) is 1. The smallest absolute Gasteiger partial charge is 0.370 e. The molecule has 0 spiro atoms. The van der Waals surface area contributed by atoms with Gasteiger partial charge < -0.3 is 19.9 Å². The van der Waals surface area contributed by atoms with Crippen LogP contribution in [0.3, 0.4) is 0 Å². The maximum atomic E-state index is 12.3. The summed E-state index contributed by atoms with van der Waals surface area (Å²) in [6.07, 6.45) is -1.14. The lowest BCUT2D eigenvalue weighted by Crippen LogP contribution is -2.49. The van der Waals surface area contributed by atoms with Crippen LogP contribution in [0, 0.1) is 5.92 Å². The number of ether oxygens (including phenoxy) is 1. The van der Waals surface area contributed by atoms with Crippen LogP contribution in [0.25, 0.3) is 0 Å². The Morgan fingerprint density at radius 1 is 1.12 bits per heavy atom. The van der Waals surface area contributed by atoms with E-state index >= 15 is 0 Å². The normalized spacial score (nSPS) is 20.6. The summed E-state index contributed by atoms with van der Waals surface area (Å²) in [6, 6.07) is -0.440. The summed E-state index contributed by atoms with van der Waals surface area (Å²) in [7, 11) is 0. The fourth-order valence-corrected chi connectivity index (χ4v) is 3.20. The third-order valence-electron chi connectivity index (χ3n) is 4.54. The molecule has 25 heavy (non-hydrogen) atoms. The van der Waals surface area contributed by atoms with Crippen LogP contribution in [0.5, 0.6) is 0 Å². The Morgan fingerprint density at radius 3 is 2.24 bits per heavy atom. The molecule has 2 aliphatic heterocycles. The van der Waals surface area contributed by atoms with Gasteiger partial charge in [-0.25, -0.2) is 4.79 Å². The number of urea groups is 1. The number of hydrogen-bond acceptors (Lipinski definition) is 3. The van der Waals surface area contributed by atoms with E-state index in [9.17, 15) is 22.8 Å². The number of nitrogens with zero attached hydrogens (tertiary/aromatic N) is 2. The van der Waals surface area contributed by atoms with Gasteiger partial charge in [-0.05, 0) is 32.6 Å². The fraction of sp³-hybridized carbons (Fsp3) is 0.875. The predicted octanol–water partition coefficient (Wildman–Crippen LogP) is 2.00. The minimum atomic E-state index is -4.36. The van der Waals surface area contributed by atoms with Crippen LogP contribution in [0.4, 0.5) is 18.0 Å². The molecule has 1 atom stereocenters. The third kappa shape index (κ3) is 6.37. The van der Waals surface area contributed by atoms with Crippen LogP contribution < -0.4 is 5.32 Å². The molecule has 0 aliphatic carbocycles. The Balaban J connectivity index is 1.67. The highest BCUT2D eigenvalue weighted by atomic mass is 19.4. The number of piperidine rings is 1. The molecule has 1 N–H and O–H groups in total. The summed E-state index contributed by atoms with van der Waals surface area (Å²) in [5.74, 6) is -0.399. The molecule has 0 aromatic heterocycles. The van der Waals surface area contributed by atoms with E-state index in [1.54, 1.807) is 11.8 Å². The van der Waals surface area contributed by atoms with E-state index in [2.05, 4.69) is 10.1 Å². The molecule has 0 bridgehead atoms. The Morgan fingerprint density at radius 2 is 1.68 bits per heavy atom. The second-order valence-electron chi connectivity index (χ2n) is 6.78. The quantitative estimate of drug-likeness (QED) is 0.811. The molecular weight excluding hydrogens is 339 g/mol. The highest BCUT2D eigenvalue weighted by molar-refractivity contribution is 5.80. The zero-order valence-electron chi connectivity index (χ0n) is 14.5. The van der Waals surface area contributed by atoms with Crippen LogP contribution >= 0.6 is 0 Å². The minimum Gasteiger partial charge on any atom is -0.370 e. The molecule has 0 radical (unpaired) electrons. The summed E-state index contributed by atoms with van der Waals surface area (Å²) in [5, 5.41) is 2.69. The van der Waals surface area contributed by atoms with Crippen molar-refractivity contribution < 1.29 is 27.5 Å². The molecule has 2 heterocycles. The Kier molecular flexibility index (Phi) is 6.92. The van der Waals surface area contributed by atoms with Crippen LogP contribution in [0.1, 0.15) is 32.6 Å². The molecule has 0 aromatic carbocycles. The first kappa shape index (κ1) is 19.8. The summed E-state index contributed by atoms with van der Waals surface area (Å²) in [6.45, 7) is 2.78. The van der Waals surface area contributed by atoms with Crippen LogP contribution in [0.15, 0.2) is 0 Å². The van der Waals surface area contributed by atoms with Crippen molar-refractivity contribution in [1.29, 1.82) is 0 Å². The average molecular weight is 365 g/mol. The van der Waals surface area contributed by atoms with Gasteiger partial charge in [0.2, 0.25) is 5.91 Å². The second-order valence-corrected chi connectivity index (χ2v) is 6.78. The van der Waals surface area contributed by atoms with Gasteiger partial charge in [0.15, 0.2) is 0 Å². The maximum Gasteiger partial charge on any atom is 0.411 e. The Hall–Kier alpha value is -1.51. The third-order valence-corrected chi connectivity index (χ3v) is 4.54. The molecule has 144 valence electrons. The first-order chi connectivity index (χ1) is 11.8. The molecule has 0 aromatic rings. The average Bonchev–Trinajstić information content (AvgIpc) is 3.07. The van der Waals surface area contributed by atoms with E-state index in [0.29, 0.717) is 25.9 Å². The van der Waals surface area contributed by atoms with Crippen molar-refractivity contribution in [2.75, 3.05) is 39.4 Å². The highest BCUT2D eigenvalue weighted by Gasteiger charge is 2.31. The molecule has 3 amide bonds. The van der Waals surface area contributed by atoms with Crippen LogP contribution in [-0.2, 0) is 9.53 Å². The zero-order valence-corrected chi connectivity index (χ0v) is 14.5. The van der Waals surface area contributed by atoms with E-state index in [4.69, 9.17) is 0 Å². The standard InChI is InChI=1S/C16H26F3N3O3/c1-12(10-25-11-16(17,18)19)20-14(23)13-4-8-22(9-5-13)15(24)21-6-2-3-7-21/h12-13H,2-11H2,1H3,(H,20,23). The van der Waals surface area contributed by atoms with Crippen LogP contribution in [0.2, 0.25) is 0 Å². The van der Waals surface area contributed by atoms with Crippen molar-refractivity contribution in [3.63, 3.8) is 0 Å². The topological polar surface area (TPSA) is 61.9 Å². The van der Waals surface area contributed by atoms with Gasteiger partial charge in [-0.15, -0.1) is 0 Å². The van der Waals surface area contributed by atoms with Crippen molar-refractivity contribution in [2.24, 2.45) is 5.92 Å². The fourth-order valence-electron chi connectivity index (χ4n) is 3.20. The van der Waals surface area contributed by atoms with E-state index in [-0.39, 0.29) is 24.5 Å². The Labute approximate surface area is 145 Å². The first-order valence-electron chi connectivity index (χ1n) is 8.75. The van der Waals surface area contributed by atoms with Crippen molar-refractivity contribution in [3.05, 3.63) is 0 Å². The number of alkyl halides is 3. The van der Waals surface area contributed by atoms with Crippen molar-refractivity contribution in [3.8, 4) is 0 Å². The number of likely N-dealkylation sites (tertiary alicyclic amines) is 2. The number of rotatable bonds is 5. The van der Waals surface area contributed by atoms with Gasteiger partial charge in [-0.2, -0.15) is 13.2 Å². The van der Waals surface area contributed by atoms with Crippen molar-refractivity contribution in [2.45, 2.75) is 44.8 Å². The maximum absolute atomic E-state index is 12.3. The second kappa shape index (κ2) is 8.73. The molecule has 1 unspecified atom stereocenters. The van der Waals surface area contributed by atoms with E-state index in [1.165, 1.54) is 0 Å². The lowest BCUT2D eigenvalue weighted by molar-refractivity contribution is -0.175. The Bertz CT molecular complexity index is 459. The summed E-state index contributed by atoms with van der Waals surface area (Å²) >= 11 is 0. The van der Waals surface area contributed by atoms with Gasteiger partial charge in [0, 0.05) is 38.1 Å². The number of hydrogen-bond donors (Lipinski definition) is 1. The summed E-state index contributed by atoms with van der Waals surface area (Å²) < 4.78 is 40.6. The minimum absolute atomic E-state index is 0.0466. The van der Waals surface area contributed by atoms with E-state index < -0.39 is 18.8 Å². The molecule has 6 nitrogen and oxygen atoms in total. The largest absolute Gasteiger partial charge is 0.411 e. The molecule has 9 heteroatoms. The molecule has 0 saturated carbocycles. The zero-order chi connectivity index (χ0) is 18.4. The summed E-state index contributed by atoms with van der Waals surface area (Å²) in [4.78, 5) is 28.1. The van der Waals surface area contributed by atoms with Gasteiger partial charge in [-0.3, -0.25) is 4.79 Å². The van der Waals surface area contributed by atoms with Gasteiger partial charge in [0.1, 0.15) is 6.61 Å². The lowest BCUT2D eigenvalue weighted by Gasteiger charge is -2.34.